The van der Waals surface area contributed by atoms with Crippen molar-refractivity contribution in [3.05, 3.63) is 30.9 Å². The highest BCUT2D eigenvalue weighted by molar-refractivity contribution is 5.65. The van der Waals surface area contributed by atoms with Crippen LogP contribution in [0.3, 0.4) is 0 Å². The fourth-order valence-electron chi connectivity index (χ4n) is 2.07. The Morgan fingerprint density at radius 1 is 1.56 bits per heavy atom. The van der Waals surface area contributed by atoms with Crippen LogP contribution in [0.4, 0.5) is 11.4 Å². The molecule has 1 aliphatic rings. The lowest BCUT2D eigenvalue weighted by molar-refractivity contribution is 0.106. The molecule has 0 aromatic heterocycles. The number of anilines is 2. The van der Waals surface area contributed by atoms with Crippen molar-refractivity contribution in [2.45, 2.75) is 19.4 Å². The highest BCUT2D eigenvalue weighted by atomic mass is 16.5. The first-order chi connectivity index (χ1) is 7.52. The third-order valence-electron chi connectivity index (χ3n) is 2.63. The lowest BCUT2D eigenvalue weighted by Gasteiger charge is -2.40. The number of hydrogen-bond donors (Lipinski definition) is 1. The number of rotatable bonds is 2. The highest BCUT2D eigenvalue weighted by Gasteiger charge is 2.30. The van der Waals surface area contributed by atoms with Crippen LogP contribution in [0, 0.1) is 0 Å². The van der Waals surface area contributed by atoms with Crippen LogP contribution in [0.2, 0.25) is 0 Å². The summed E-state index contributed by atoms with van der Waals surface area (Å²) >= 11 is 0. The maximum atomic E-state index is 5.92. The van der Waals surface area contributed by atoms with E-state index in [2.05, 4.69) is 25.3 Å². The third kappa shape index (κ3) is 1.98. The molecule has 1 aliphatic heterocycles. The van der Waals surface area contributed by atoms with Gasteiger partial charge in [0.15, 0.2) is 0 Å². The fourth-order valence-corrected chi connectivity index (χ4v) is 2.07. The molecule has 0 saturated carbocycles. The zero-order valence-corrected chi connectivity index (χ0v) is 9.86. The van der Waals surface area contributed by atoms with Gasteiger partial charge in [-0.05, 0) is 26.0 Å². The molecule has 0 atom stereocenters. The van der Waals surface area contributed by atoms with Gasteiger partial charge in [0.25, 0.3) is 0 Å². The largest absolute Gasteiger partial charge is 0.484 e. The number of nitrogen functional groups attached to an aromatic ring is 1. The van der Waals surface area contributed by atoms with Gasteiger partial charge in [0, 0.05) is 18.3 Å². The molecule has 0 bridgehead atoms. The first-order valence-corrected chi connectivity index (χ1v) is 5.46. The summed E-state index contributed by atoms with van der Waals surface area (Å²) in [6, 6.07) is 5.78. The molecule has 0 aliphatic carbocycles. The van der Waals surface area contributed by atoms with Crippen molar-refractivity contribution in [2.75, 3.05) is 23.7 Å². The molecule has 0 amide bonds. The van der Waals surface area contributed by atoms with Gasteiger partial charge in [-0.3, -0.25) is 0 Å². The normalized spacial score (nSPS) is 17.5. The van der Waals surface area contributed by atoms with E-state index >= 15 is 0 Å². The van der Waals surface area contributed by atoms with Gasteiger partial charge in [0.2, 0.25) is 0 Å². The second kappa shape index (κ2) is 3.74. The van der Waals surface area contributed by atoms with Crippen molar-refractivity contribution in [1.82, 2.24) is 0 Å². The predicted octanol–water partition coefficient (Wildman–Crippen LogP) is 2.43. The van der Waals surface area contributed by atoms with Crippen LogP contribution in [0.25, 0.3) is 0 Å². The Kier molecular flexibility index (Phi) is 2.54. The molecular formula is C13H18N2O. The van der Waals surface area contributed by atoms with E-state index < -0.39 is 0 Å². The molecule has 0 saturated heterocycles. The van der Waals surface area contributed by atoms with Crippen LogP contribution in [-0.2, 0) is 0 Å². The molecule has 86 valence electrons. The summed E-state index contributed by atoms with van der Waals surface area (Å²) in [5.74, 6) is 0.859. The van der Waals surface area contributed by atoms with Crippen LogP contribution in [0.15, 0.2) is 30.9 Å². The molecule has 0 unspecified atom stereocenters. The second-order valence-corrected chi connectivity index (χ2v) is 4.76. The average molecular weight is 218 g/mol. The van der Waals surface area contributed by atoms with E-state index in [-0.39, 0.29) is 5.60 Å². The Labute approximate surface area is 96.5 Å². The Morgan fingerprint density at radius 2 is 2.31 bits per heavy atom. The number of hydrogen-bond acceptors (Lipinski definition) is 3. The summed E-state index contributed by atoms with van der Waals surface area (Å²) in [6.07, 6.45) is 1.90. The van der Waals surface area contributed by atoms with Gasteiger partial charge in [-0.25, -0.2) is 0 Å². The third-order valence-corrected chi connectivity index (χ3v) is 2.63. The monoisotopic (exact) mass is 218 g/mol. The maximum Gasteiger partial charge on any atom is 0.145 e. The Morgan fingerprint density at radius 3 is 3.00 bits per heavy atom. The molecule has 3 nitrogen and oxygen atoms in total. The molecule has 0 radical (unpaired) electrons. The van der Waals surface area contributed by atoms with Gasteiger partial charge in [-0.1, -0.05) is 6.08 Å². The molecule has 1 aromatic rings. The molecule has 2 N–H and O–H groups in total. The van der Waals surface area contributed by atoms with E-state index in [1.807, 2.05) is 24.3 Å². The first-order valence-electron chi connectivity index (χ1n) is 5.46. The van der Waals surface area contributed by atoms with E-state index in [0.717, 1.165) is 30.2 Å². The van der Waals surface area contributed by atoms with E-state index in [1.165, 1.54) is 0 Å². The van der Waals surface area contributed by atoms with Gasteiger partial charge in [-0.2, -0.15) is 0 Å². The maximum absolute atomic E-state index is 5.92. The second-order valence-electron chi connectivity index (χ2n) is 4.76. The topological polar surface area (TPSA) is 38.5 Å². The van der Waals surface area contributed by atoms with E-state index in [4.69, 9.17) is 10.5 Å². The molecule has 3 heteroatoms. The van der Waals surface area contributed by atoms with Crippen molar-refractivity contribution < 1.29 is 4.74 Å². The van der Waals surface area contributed by atoms with Crippen molar-refractivity contribution in [1.29, 1.82) is 0 Å². The summed E-state index contributed by atoms with van der Waals surface area (Å²) < 4.78 is 5.92. The lowest BCUT2D eigenvalue weighted by atomic mass is 10.0. The fraction of sp³-hybridized carbons (Fsp3) is 0.385. The predicted molar refractivity (Wildman–Crippen MR) is 68.0 cm³/mol. The molecule has 1 aromatic carbocycles. The van der Waals surface area contributed by atoms with Gasteiger partial charge in [0.05, 0.1) is 12.2 Å². The summed E-state index contributed by atoms with van der Waals surface area (Å²) in [5, 5.41) is 0. The zero-order valence-electron chi connectivity index (χ0n) is 9.86. The van der Waals surface area contributed by atoms with Crippen molar-refractivity contribution in [3.8, 4) is 5.75 Å². The van der Waals surface area contributed by atoms with Crippen LogP contribution >= 0.6 is 0 Å². The van der Waals surface area contributed by atoms with Crippen LogP contribution in [-0.4, -0.2) is 18.7 Å². The van der Waals surface area contributed by atoms with Crippen molar-refractivity contribution in [3.63, 3.8) is 0 Å². The van der Waals surface area contributed by atoms with Gasteiger partial charge >= 0.3 is 0 Å². The lowest BCUT2D eigenvalue weighted by Crippen LogP contribution is -2.46. The number of fused-ring (bicyclic) bond motifs is 1. The minimum Gasteiger partial charge on any atom is -0.484 e. The Bertz CT molecular complexity index is 412. The Hall–Kier alpha value is -1.64. The van der Waals surface area contributed by atoms with Crippen LogP contribution < -0.4 is 15.4 Å². The van der Waals surface area contributed by atoms with Gasteiger partial charge in [0.1, 0.15) is 11.4 Å². The summed E-state index contributed by atoms with van der Waals surface area (Å²) in [6.45, 7) is 9.62. The number of nitrogens with zero attached hydrogens (tertiary/aromatic N) is 1. The van der Waals surface area contributed by atoms with Crippen LogP contribution in [0.1, 0.15) is 13.8 Å². The first kappa shape index (κ1) is 10.9. The standard InChI is InChI=1S/C13H18N2O/c1-4-7-15-9-13(2,3)16-12-8-10(14)5-6-11(12)15/h4-6,8H,1,7,9,14H2,2-3H3. The van der Waals surface area contributed by atoms with E-state index in [1.54, 1.807) is 0 Å². The molecule has 2 rings (SSSR count). The SMILES string of the molecule is C=CCN1CC(C)(C)Oc2cc(N)ccc21. The number of ether oxygens (including phenoxy) is 1. The van der Waals surface area contributed by atoms with Gasteiger partial charge < -0.3 is 15.4 Å². The van der Waals surface area contributed by atoms with E-state index in [9.17, 15) is 0 Å². The Balaban J connectivity index is 2.42. The molecular weight excluding hydrogens is 200 g/mol. The van der Waals surface area contributed by atoms with Crippen molar-refractivity contribution in [2.24, 2.45) is 0 Å². The van der Waals surface area contributed by atoms with Crippen LogP contribution in [0.5, 0.6) is 5.75 Å². The average Bonchev–Trinajstić information content (AvgIpc) is 2.15. The molecule has 1 heterocycles. The van der Waals surface area contributed by atoms with Gasteiger partial charge in [-0.15, -0.1) is 6.58 Å². The summed E-state index contributed by atoms with van der Waals surface area (Å²) in [4.78, 5) is 2.26. The summed E-state index contributed by atoms with van der Waals surface area (Å²) in [7, 11) is 0. The highest BCUT2D eigenvalue weighted by Crippen LogP contribution is 2.37. The summed E-state index contributed by atoms with van der Waals surface area (Å²) in [5.41, 5.74) is 7.40. The number of benzene rings is 1. The molecule has 0 spiro atoms. The molecule has 16 heavy (non-hydrogen) atoms. The minimum absolute atomic E-state index is 0.191. The van der Waals surface area contributed by atoms with Crippen molar-refractivity contribution >= 4 is 11.4 Å². The number of nitrogens with two attached hydrogens (primary N) is 1. The zero-order chi connectivity index (χ0) is 11.8. The van der Waals surface area contributed by atoms with E-state index in [0.29, 0.717) is 0 Å². The molecule has 0 fully saturated rings. The quantitative estimate of drug-likeness (QED) is 0.612. The smallest absolute Gasteiger partial charge is 0.145 e. The minimum atomic E-state index is -0.191.